The fourth-order valence-corrected chi connectivity index (χ4v) is 2.32. The third-order valence-electron chi connectivity index (χ3n) is 3.63. The molecule has 0 bridgehead atoms. The Kier molecular flexibility index (Phi) is 4.58. The van der Waals surface area contributed by atoms with Gasteiger partial charge in [-0.05, 0) is 25.3 Å². The van der Waals surface area contributed by atoms with E-state index in [2.05, 4.69) is 10.2 Å². The summed E-state index contributed by atoms with van der Waals surface area (Å²) < 4.78 is 10.8. The first-order chi connectivity index (χ1) is 7.83. The van der Waals surface area contributed by atoms with Crippen LogP contribution in [-0.4, -0.2) is 64.1 Å². The summed E-state index contributed by atoms with van der Waals surface area (Å²) in [5.41, 5.74) is 0. The van der Waals surface area contributed by atoms with Gasteiger partial charge in [-0.1, -0.05) is 0 Å². The maximum atomic E-state index is 5.41. The lowest BCUT2D eigenvalue weighted by Gasteiger charge is -2.15. The number of nitrogens with one attached hydrogen (secondary N) is 1. The van der Waals surface area contributed by atoms with Gasteiger partial charge in [0.2, 0.25) is 0 Å². The lowest BCUT2D eigenvalue weighted by Crippen LogP contribution is -2.32. The lowest BCUT2D eigenvalue weighted by atomic mass is 10.3. The Morgan fingerprint density at radius 2 is 1.75 bits per heavy atom. The molecule has 1 aliphatic heterocycles. The molecule has 94 valence electrons. The van der Waals surface area contributed by atoms with Gasteiger partial charge in [0.05, 0.1) is 12.2 Å². The molecule has 1 saturated heterocycles. The highest BCUT2D eigenvalue weighted by atomic mass is 16.5. The molecule has 0 aromatic rings. The molecule has 16 heavy (non-hydrogen) atoms. The van der Waals surface area contributed by atoms with Crippen LogP contribution in [0.3, 0.4) is 0 Å². The summed E-state index contributed by atoms with van der Waals surface area (Å²) in [5, 5.41) is 3.52. The van der Waals surface area contributed by atoms with Crippen molar-refractivity contribution in [3.63, 3.8) is 0 Å². The predicted molar refractivity (Wildman–Crippen MR) is 63.6 cm³/mol. The van der Waals surface area contributed by atoms with Crippen LogP contribution in [0.25, 0.3) is 0 Å². The van der Waals surface area contributed by atoms with Crippen LogP contribution in [0.2, 0.25) is 0 Å². The van der Waals surface area contributed by atoms with E-state index in [9.17, 15) is 0 Å². The highest BCUT2D eigenvalue weighted by molar-refractivity contribution is 4.86. The van der Waals surface area contributed by atoms with Gasteiger partial charge in [-0.2, -0.15) is 0 Å². The molecule has 4 heteroatoms. The summed E-state index contributed by atoms with van der Waals surface area (Å²) in [6.45, 7) is 5.39. The van der Waals surface area contributed by atoms with Gasteiger partial charge in [-0.3, -0.25) is 4.90 Å². The molecule has 2 aliphatic rings. The first-order valence-corrected chi connectivity index (χ1v) is 6.32. The van der Waals surface area contributed by atoms with Crippen molar-refractivity contribution in [3.05, 3.63) is 0 Å². The molecule has 0 amide bonds. The molecule has 0 spiro atoms. The largest absolute Gasteiger partial charge is 0.377 e. The molecule has 2 unspecified atom stereocenters. The van der Waals surface area contributed by atoms with Gasteiger partial charge in [0.1, 0.15) is 0 Å². The molecule has 4 nitrogen and oxygen atoms in total. The third kappa shape index (κ3) is 3.42. The summed E-state index contributed by atoms with van der Waals surface area (Å²) in [6, 6.07) is 0. The number of methoxy groups -OCH3 is 2. The second kappa shape index (κ2) is 5.96. The van der Waals surface area contributed by atoms with Gasteiger partial charge < -0.3 is 14.8 Å². The molecule has 1 saturated carbocycles. The van der Waals surface area contributed by atoms with Crippen molar-refractivity contribution in [2.24, 2.45) is 5.92 Å². The van der Waals surface area contributed by atoms with E-state index < -0.39 is 0 Å². The van der Waals surface area contributed by atoms with Crippen LogP contribution in [-0.2, 0) is 9.47 Å². The topological polar surface area (TPSA) is 33.7 Å². The quantitative estimate of drug-likeness (QED) is 0.637. The number of nitrogens with zero attached hydrogens (tertiary/aromatic N) is 1. The van der Waals surface area contributed by atoms with Crippen molar-refractivity contribution in [1.29, 1.82) is 0 Å². The number of hydrogen-bond donors (Lipinski definition) is 1. The number of likely N-dealkylation sites (tertiary alicyclic amines) is 1. The molecule has 0 aromatic heterocycles. The average molecular weight is 228 g/mol. The Bertz CT molecular complexity index is 197. The van der Waals surface area contributed by atoms with E-state index in [0.717, 1.165) is 32.1 Å². The van der Waals surface area contributed by atoms with E-state index >= 15 is 0 Å². The fraction of sp³-hybridized carbons (Fsp3) is 1.00. The molecule has 0 radical (unpaired) electrons. The van der Waals surface area contributed by atoms with Crippen molar-refractivity contribution in [3.8, 4) is 0 Å². The van der Waals surface area contributed by atoms with Crippen molar-refractivity contribution in [1.82, 2.24) is 10.2 Å². The Morgan fingerprint density at radius 1 is 1.12 bits per heavy atom. The normalized spacial score (nSPS) is 31.1. The van der Waals surface area contributed by atoms with Crippen LogP contribution in [0.5, 0.6) is 0 Å². The summed E-state index contributed by atoms with van der Waals surface area (Å²) in [7, 11) is 3.54. The number of hydrogen-bond acceptors (Lipinski definition) is 4. The Morgan fingerprint density at radius 3 is 2.25 bits per heavy atom. The van der Waals surface area contributed by atoms with E-state index in [0.29, 0.717) is 0 Å². The highest BCUT2D eigenvalue weighted by Gasteiger charge is 2.32. The van der Waals surface area contributed by atoms with Crippen LogP contribution in [0.15, 0.2) is 0 Å². The zero-order valence-corrected chi connectivity index (χ0v) is 10.4. The molecular formula is C12H24N2O2. The van der Waals surface area contributed by atoms with Crippen LogP contribution in [0, 0.1) is 5.92 Å². The van der Waals surface area contributed by atoms with Gasteiger partial charge in [0.25, 0.3) is 0 Å². The van der Waals surface area contributed by atoms with Crippen molar-refractivity contribution in [2.45, 2.75) is 25.0 Å². The molecule has 2 rings (SSSR count). The molecule has 2 atom stereocenters. The smallest absolute Gasteiger partial charge is 0.0971 e. The van der Waals surface area contributed by atoms with Crippen LogP contribution < -0.4 is 5.32 Å². The SMILES string of the molecule is COC1CN(CCNCC2CC2)CC1OC. The first kappa shape index (κ1) is 12.3. The summed E-state index contributed by atoms with van der Waals surface area (Å²) >= 11 is 0. The second-order valence-electron chi connectivity index (χ2n) is 4.96. The highest BCUT2D eigenvalue weighted by Crippen LogP contribution is 2.27. The molecular weight excluding hydrogens is 204 g/mol. The van der Waals surface area contributed by atoms with Gasteiger partial charge in [-0.15, -0.1) is 0 Å². The zero-order valence-electron chi connectivity index (χ0n) is 10.4. The first-order valence-electron chi connectivity index (χ1n) is 6.32. The van der Waals surface area contributed by atoms with Crippen LogP contribution in [0.1, 0.15) is 12.8 Å². The average Bonchev–Trinajstić information content (AvgIpc) is 3.04. The molecule has 1 heterocycles. The summed E-state index contributed by atoms with van der Waals surface area (Å²) in [6.07, 6.45) is 3.34. The zero-order chi connectivity index (χ0) is 11.4. The van der Waals surface area contributed by atoms with Crippen molar-refractivity contribution in [2.75, 3.05) is 46.9 Å². The molecule has 1 N–H and O–H groups in total. The van der Waals surface area contributed by atoms with E-state index in [-0.39, 0.29) is 12.2 Å². The van der Waals surface area contributed by atoms with E-state index in [1.807, 2.05) is 0 Å². The van der Waals surface area contributed by atoms with Crippen molar-refractivity contribution < 1.29 is 9.47 Å². The van der Waals surface area contributed by atoms with E-state index in [4.69, 9.17) is 9.47 Å². The minimum atomic E-state index is 0.244. The van der Waals surface area contributed by atoms with Crippen LogP contribution in [0.4, 0.5) is 0 Å². The Labute approximate surface area is 98.3 Å². The third-order valence-corrected chi connectivity index (χ3v) is 3.63. The summed E-state index contributed by atoms with van der Waals surface area (Å²) in [5.74, 6) is 0.969. The van der Waals surface area contributed by atoms with Gasteiger partial charge in [0, 0.05) is 40.4 Å². The number of rotatable bonds is 7. The monoisotopic (exact) mass is 228 g/mol. The lowest BCUT2D eigenvalue weighted by molar-refractivity contribution is -0.00461. The van der Waals surface area contributed by atoms with Crippen LogP contribution >= 0.6 is 0 Å². The Hall–Kier alpha value is -0.160. The summed E-state index contributed by atoms with van der Waals surface area (Å²) in [4.78, 5) is 2.42. The Balaban J connectivity index is 1.58. The molecule has 2 fully saturated rings. The standard InChI is InChI=1S/C12H24N2O2/c1-15-11-8-14(9-12(11)16-2)6-5-13-7-10-3-4-10/h10-13H,3-9H2,1-2H3. The van der Waals surface area contributed by atoms with E-state index in [1.54, 1.807) is 14.2 Å². The minimum Gasteiger partial charge on any atom is -0.377 e. The van der Waals surface area contributed by atoms with Gasteiger partial charge in [-0.25, -0.2) is 0 Å². The van der Waals surface area contributed by atoms with Crippen molar-refractivity contribution >= 4 is 0 Å². The molecule has 1 aliphatic carbocycles. The minimum absolute atomic E-state index is 0.244. The van der Waals surface area contributed by atoms with Gasteiger partial charge in [0.15, 0.2) is 0 Å². The second-order valence-corrected chi connectivity index (χ2v) is 4.96. The number of ether oxygens (including phenoxy) is 2. The van der Waals surface area contributed by atoms with E-state index in [1.165, 1.54) is 19.4 Å². The maximum Gasteiger partial charge on any atom is 0.0971 e. The maximum absolute atomic E-state index is 5.41. The predicted octanol–water partition coefficient (Wildman–Crippen LogP) is 0.332. The fourth-order valence-electron chi connectivity index (χ4n) is 2.32. The molecule has 0 aromatic carbocycles. The van der Waals surface area contributed by atoms with Gasteiger partial charge >= 0.3 is 0 Å².